The van der Waals surface area contributed by atoms with Crippen molar-refractivity contribution in [3.8, 4) is 0 Å². The van der Waals surface area contributed by atoms with Crippen LogP contribution in [-0.2, 0) is 13.0 Å². The van der Waals surface area contributed by atoms with Gasteiger partial charge >= 0.3 is 6.03 Å². The Hall–Kier alpha value is -3.67. The van der Waals surface area contributed by atoms with Gasteiger partial charge in [0, 0.05) is 36.7 Å². The van der Waals surface area contributed by atoms with Crippen molar-refractivity contribution in [2.24, 2.45) is 11.8 Å². The number of urea groups is 1. The Kier molecular flexibility index (Phi) is 5.58. The van der Waals surface area contributed by atoms with Gasteiger partial charge in [0.1, 0.15) is 0 Å². The number of benzene rings is 2. The van der Waals surface area contributed by atoms with Crippen LogP contribution in [0.2, 0.25) is 0 Å². The minimum Gasteiger partial charge on any atom is -0.338 e. The van der Waals surface area contributed by atoms with E-state index in [-0.39, 0.29) is 11.9 Å². The number of carbonyl (C=O) groups excluding carboxylic acids is 2. The number of pyridine rings is 1. The quantitative estimate of drug-likeness (QED) is 0.555. The highest BCUT2D eigenvalue weighted by Gasteiger charge is 2.52. The molecule has 3 unspecified atom stereocenters. The molecule has 1 heterocycles. The molecular weight excluding hydrogens is 400 g/mol. The van der Waals surface area contributed by atoms with Crippen LogP contribution in [0.15, 0.2) is 73.1 Å². The molecule has 6 heteroatoms. The number of rotatable bonds is 6. The molecule has 0 radical (unpaired) electrons. The van der Waals surface area contributed by atoms with Crippen LogP contribution in [-0.4, -0.2) is 23.5 Å². The van der Waals surface area contributed by atoms with Gasteiger partial charge in [-0.25, -0.2) is 4.79 Å². The highest BCUT2D eigenvalue weighted by molar-refractivity contribution is 6.04. The molecule has 2 aliphatic carbocycles. The van der Waals surface area contributed by atoms with Crippen LogP contribution >= 0.6 is 0 Å². The number of hydrogen-bond donors (Lipinski definition) is 3. The lowest BCUT2D eigenvalue weighted by Gasteiger charge is -2.13. The number of anilines is 1. The van der Waals surface area contributed by atoms with Gasteiger partial charge in [0.05, 0.1) is 0 Å². The smallest absolute Gasteiger partial charge is 0.315 e. The maximum absolute atomic E-state index is 12.3. The topological polar surface area (TPSA) is 83.1 Å². The zero-order chi connectivity index (χ0) is 21.9. The van der Waals surface area contributed by atoms with Crippen LogP contribution in [0.1, 0.15) is 39.4 Å². The van der Waals surface area contributed by atoms with Gasteiger partial charge in [0.25, 0.3) is 5.91 Å². The Bertz CT molecular complexity index is 1130. The Morgan fingerprint density at radius 1 is 0.969 bits per heavy atom. The first-order chi connectivity index (χ1) is 15.7. The summed E-state index contributed by atoms with van der Waals surface area (Å²) in [6.45, 7) is 1.10. The highest BCUT2D eigenvalue weighted by atomic mass is 16.2. The van der Waals surface area contributed by atoms with Crippen molar-refractivity contribution in [1.29, 1.82) is 0 Å². The zero-order valence-corrected chi connectivity index (χ0v) is 17.8. The Labute approximate surface area is 187 Å². The third-order valence-corrected chi connectivity index (χ3v) is 6.57. The number of fused-ring (bicyclic) bond motifs is 3. The summed E-state index contributed by atoms with van der Waals surface area (Å²) < 4.78 is 0. The summed E-state index contributed by atoms with van der Waals surface area (Å²) in [7, 11) is 0. The summed E-state index contributed by atoms with van der Waals surface area (Å²) in [5.74, 6) is 1.64. The fraction of sp³-hybridized carbons (Fsp3) is 0.269. The molecule has 3 atom stereocenters. The maximum atomic E-state index is 12.3. The van der Waals surface area contributed by atoms with Gasteiger partial charge in [-0.2, -0.15) is 0 Å². The number of aromatic nitrogens is 1. The molecule has 32 heavy (non-hydrogen) atoms. The second-order valence-electron chi connectivity index (χ2n) is 8.54. The average Bonchev–Trinajstić information content (AvgIpc) is 3.56. The second-order valence-corrected chi connectivity index (χ2v) is 8.54. The van der Waals surface area contributed by atoms with E-state index < -0.39 is 0 Å². The predicted molar refractivity (Wildman–Crippen MR) is 123 cm³/mol. The molecule has 2 aliphatic rings. The molecule has 0 saturated heterocycles. The minimum atomic E-state index is -0.192. The monoisotopic (exact) mass is 426 g/mol. The molecule has 3 N–H and O–H groups in total. The normalized spacial score (nSPS) is 20.4. The molecule has 1 aromatic heterocycles. The van der Waals surface area contributed by atoms with E-state index in [9.17, 15) is 9.59 Å². The van der Waals surface area contributed by atoms with Crippen LogP contribution in [0.3, 0.4) is 0 Å². The van der Waals surface area contributed by atoms with Gasteiger partial charge in [-0.1, -0.05) is 36.4 Å². The Balaban J connectivity index is 1.10. The van der Waals surface area contributed by atoms with Crippen LogP contribution in [0.25, 0.3) is 0 Å². The summed E-state index contributed by atoms with van der Waals surface area (Å²) in [4.78, 5) is 28.6. The van der Waals surface area contributed by atoms with Crippen LogP contribution in [0.4, 0.5) is 10.5 Å². The Morgan fingerprint density at radius 3 is 2.69 bits per heavy atom. The summed E-state index contributed by atoms with van der Waals surface area (Å²) in [6, 6.07) is 19.4. The van der Waals surface area contributed by atoms with E-state index >= 15 is 0 Å². The summed E-state index contributed by atoms with van der Waals surface area (Å²) >= 11 is 0. The van der Waals surface area contributed by atoms with Crippen LogP contribution in [0.5, 0.6) is 0 Å². The van der Waals surface area contributed by atoms with Crippen LogP contribution in [0, 0.1) is 11.8 Å². The SMILES string of the molecule is O=C(NCc1cccc(NC(=O)c2ccncc2)c1)NCC1C2CCc3ccccc3C21. The molecule has 3 amide bonds. The number of nitrogens with zero attached hydrogens (tertiary/aromatic N) is 1. The lowest BCUT2D eigenvalue weighted by atomic mass is 9.92. The second kappa shape index (κ2) is 8.83. The Morgan fingerprint density at radius 2 is 1.81 bits per heavy atom. The summed E-state index contributed by atoms with van der Waals surface area (Å²) in [6.07, 6.45) is 5.54. The molecule has 6 nitrogen and oxygen atoms in total. The first-order valence-corrected chi connectivity index (χ1v) is 11.1. The molecule has 1 fully saturated rings. The number of carbonyl (C=O) groups is 2. The van der Waals surface area contributed by atoms with E-state index in [1.54, 1.807) is 24.5 Å². The molecular formula is C26H26N4O2. The molecule has 1 saturated carbocycles. The number of aryl methyl sites for hydroxylation is 1. The van der Waals surface area contributed by atoms with Gasteiger partial charge < -0.3 is 16.0 Å². The van der Waals surface area contributed by atoms with Crippen molar-refractivity contribution in [3.05, 3.63) is 95.3 Å². The standard InChI is InChI=1S/C26H26N4O2/c31-25(19-10-12-27-13-11-19)30-20-6-3-4-17(14-20)15-28-26(32)29-16-23-22-9-8-18-5-1-2-7-21(18)24(22)23/h1-7,10-14,22-24H,8-9,15-16H2,(H,30,31)(H2,28,29,32). The van der Waals surface area contributed by atoms with E-state index in [1.165, 1.54) is 17.5 Å². The molecule has 162 valence electrons. The maximum Gasteiger partial charge on any atom is 0.315 e. The van der Waals surface area contributed by atoms with Gasteiger partial charge in [-0.15, -0.1) is 0 Å². The summed E-state index contributed by atoms with van der Waals surface area (Å²) in [5.41, 5.74) is 5.10. The van der Waals surface area contributed by atoms with E-state index in [1.807, 2.05) is 24.3 Å². The van der Waals surface area contributed by atoms with Gasteiger partial charge in [0.15, 0.2) is 0 Å². The molecule has 0 bridgehead atoms. The van der Waals surface area contributed by atoms with Crippen molar-refractivity contribution in [2.45, 2.75) is 25.3 Å². The first kappa shape index (κ1) is 20.2. The van der Waals surface area contributed by atoms with Crippen molar-refractivity contribution < 1.29 is 9.59 Å². The van der Waals surface area contributed by atoms with E-state index in [0.717, 1.165) is 12.0 Å². The highest BCUT2D eigenvalue weighted by Crippen LogP contribution is 2.59. The number of nitrogens with one attached hydrogen (secondary N) is 3. The third kappa shape index (κ3) is 4.35. The lowest BCUT2D eigenvalue weighted by Crippen LogP contribution is -2.36. The molecule has 2 aromatic carbocycles. The molecule has 5 rings (SSSR count). The molecule has 3 aromatic rings. The predicted octanol–water partition coefficient (Wildman–Crippen LogP) is 4.11. The lowest BCUT2D eigenvalue weighted by molar-refractivity contribution is 0.102. The number of hydrogen-bond acceptors (Lipinski definition) is 3. The molecule has 0 aliphatic heterocycles. The van der Waals surface area contributed by atoms with E-state index in [0.29, 0.717) is 42.1 Å². The number of amides is 3. The fourth-order valence-corrected chi connectivity index (χ4v) is 4.91. The largest absolute Gasteiger partial charge is 0.338 e. The molecule has 0 spiro atoms. The van der Waals surface area contributed by atoms with Crippen molar-refractivity contribution >= 4 is 17.6 Å². The average molecular weight is 427 g/mol. The van der Waals surface area contributed by atoms with Crippen molar-refractivity contribution in [2.75, 3.05) is 11.9 Å². The van der Waals surface area contributed by atoms with Crippen LogP contribution < -0.4 is 16.0 Å². The van der Waals surface area contributed by atoms with Crippen molar-refractivity contribution in [3.63, 3.8) is 0 Å². The van der Waals surface area contributed by atoms with Gasteiger partial charge in [0.2, 0.25) is 0 Å². The van der Waals surface area contributed by atoms with E-state index in [2.05, 4.69) is 45.2 Å². The van der Waals surface area contributed by atoms with Gasteiger partial charge in [-0.05, 0) is 71.6 Å². The van der Waals surface area contributed by atoms with E-state index in [4.69, 9.17) is 0 Å². The zero-order valence-electron chi connectivity index (χ0n) is 17.8. The third-order valence-electron chi connectivity index (χ3n) is 6.57. The minimum absolute atomic E-state index is 0.159. The first-order valence-electron chi connectivity index (χ1n) is 11.1. The summed E-state index contributed by atoms with van der Waals surface area (Å²) in [5, 5.41) is 8.84. The fourth-order valence-electron chi connectivity index (χ4n) is 4.91. The van der Waals surface area contributed by atoms with Gasteiger partial charge in [-0.3, -0.25) is 9.78 Å². The van der Waals surface area contributed by atoms with Crippen molar-refractivity contribution in [1.82, 2.24) is 15.6 Å².